The number of benzene rings is 4. The van der Waals surface area contributed by atoms with Gasteiger partial charge in [-0.15, -0.1) is 0 Å². The van der Waals surface area contributed by atoms with Crippen LogP contribution in [0.15, 0.2) is 109 Å². The Kier molecular flexibility index (Phi) is 4.40. The van der Waals surface area contributed by atoms with Crippen molar-refractivity contribution in [3.63, 3.8) is 0 Å². The molecule has 0 bridgehead atoms. The number of hydrogen-bond donors (Lipinski definition) is 0. The fourth-order valence-electron chi connectivity index (χ4n) is 5.82. The first-order chi connectivity index (χ1) is 14.5. The highest BCUT2D eigenvalue weighted by atomic mass is 14.6. The first-order valence-corrected chi connectivity index (χ1v) is 10.8. The van der Waals surface area contributed by atoms with Gasteiger partial charge >= 0.3 is 0 Å². The van der Waals surface area contributed by atoms with Crippen molar-refractivity contribution in [2.24, 2.45) is 5.41 Å². The molecule has 0 saturated carbocycles. The molecule has 148 valence electrons. The van der Waals surface area contributed by atoms with Gasteiger partial charge in [0, 0.05) is 11.3 Å². The number of fused-ring (bicyclic) bond motifs is 3. The molecule has 0 radical (unpaired) electrons. The smallest absolute Gasteiger partial charge is 0.0360 e. The van der Waals surface area contributed by atoms with E-state index in [1.807, 2.05) is 0 Å². The quantitative estimate of drug-likeness (QED) is 0.335. The lowest BCUT2D eigenvalue weighted by Gasteiger charge is -2.51. The van der Waals surface area contributed by atoms with Gasteiger partial charge in [-0.1, -0.05) is 130 Å². The molecule has 30 heavy (non-hydrogen) atoms. The zero-order valence-corrected chi connectivity index (χ0v) is 18.0. The van der Waals surface area contributed by atoms with Gasteiger partial charge in [-0.3, -0.25) is 0 Å². The molecule has 1 aliphatic carbocycles. The Hall–Kier alpha value is -3.12. The van der Waals surface area contributed by atoms with E-state index in [-0.39, 0.29) is 16.7 Å². The van der Waals surface area contributed by atoms with Crippen molar-refractivity contribution in [2.75, 3.05) is 0 Å². The third-order valence-corrected chi connectivity index (χ3v) is 6.91. The summed E-state index contributed by atoms with van der Waals surface area (Å²) in [7, 11) is 0. The van der Waals surface area contributed by atoms with Crippen molar-refractivity contribution < 1.29 is 0 Å². The molecule has 0 amide bonds. The van der Waals surface area contributed by atoms with Gasteiger partial charge in [-0.05, 0) is 38.8 Å². The molecule has 0 nitrogen and oxygen atoms in total. The fourth-order valence-corrected chi connectivity index (χ4v) is 5.82. The van der Waals surface area contributed by atoms with Gasteiger partial charge in [-0.25, -0.2) is 0 Å². The number of hydrogen-bond acceptors (Lipinski definition) is 0. The van der Waals surface area contributed by atoms with Gasteiger partial charge < -0.3 is 0 Å². The molecule has 1 aliphatic rings. The predicted octanol–water partition coefficient (Wildman–Crippen LogP) is 7.83. The van der Waals surface area contributed by atoms with Crippen LogP contribution in [0.2, 0.25) is 0 Å². The Bertz CT molecular complexity index is 1080. The summed E-state index contributed by atoms with van der Waals surface area (Å²) in [6, 6.07) is 40.3. The summed E-state index contributed by atoms with van der Waals surface area (Å²) in [4.78, 5) is 0. The molecule has 5 rings (SSSR count). The van der Waals surface area contributed by atoms with Crippen LogP contribution in [0.4, 0.5) is 0 Å². The van der Waals surface area contributed by atoms with E-state index in [1.165, 1.54) is 33.4 Å². The summed E-state index contributed by atoms with van der Waals surface area (Å²) in [6.07, 6.45) is 0. The highest BCUT2D eigenvalue weighted by Gasteiger charge is 2.54. The van der Waals surface area contributed by atoms with Crippen molar-refractivity contribution >= 4 is 0 Å². The van der Waals surface area contributed by atoms with E-state index in [1.54, 1.807) is 0 Å². The highest BCUT2D eigenvalue weighted by Crippen LogP contribution is 2.62. The summed E-state index contributed by atoms with van der Waals surface area (Å²) >= 11 is 0. The Morgan fingerprint density at radius 2 is 0.833 bits per heavy atom. The third-order valence-electron chi connectivity index (χ3n) is 6.91. The van der Waals surface area contributed by atoms with Gasteiger partial charge in [0.2, 0.25) is 0 Å². The maximum Gasteiger partial charge on any atom is 0.0360 e. The van der Waals surface area contributed by atoms with Crippen molar-refractivity contribution in [2.45, 2.75) is 32.1 Å². The van der Waals surface area contributed by atoms with Gasteiger partial charge in [0.25, 0.3) is 0 Å². The van der Waals surface area contributed by atoms with E-state index in [4.69, 9.17) is 0 Å². The second kappa shape index (κ2) is 6.99. The zero-order chi connectivity index (χ0) is 20.8. The molecule has 0 aromatic heterocycles. The Labute approximate surface area is 180 Å². The predicted molar refractivity (Wildman–Crippen MR) is 127 cm³/mol. The van der Waals surface area contributed by atoms with Gasteiger partial charge in [-0.2, -0.15) is 0 Å². The average Bonchev–Trinajstić information content (AvgIpc) is 3.10. The molecule has 0 saturated heterocycles. The Morgan fingerprint density at radius 3 is 1.23 bits per heavy atom. The normalized spacial score (nSPS) is 13.7. The SMILES string of the molecule is CC(C)(C)C(c1ccccc1)(c1ccccc1)C1c2ccccc2-c2ccccc21. The number of rotatable bonds is 3. The Morgan fingerprint density at radius 1 is 0.467 bits per heavy atom. The van der Waals surface area contributed by atoms with Crippen molar-refractivity contribution in [1.82, 2.24) is 0 Å². The van der Waals surface area contributed by atoms with E-state index < -0.39 is 0 Å². The minimum atomic E-state index is -0.210. The van der Waals surface area contributed by atoms with Crippen molar-refractivity contribution in [3.8, 4) is 11.1 Å². The topological polar surface area (TPSA) is 0 Å². The lowest BCUT2D eigenvalue weighted by atomic mass is 9.51. The van der Waals surface area contributed by atoms with E-state index in [9.17, 15) is 0 Å². The highest BCUT2D eigenvalue weighted by molar-refractivity contribution is 5.80. The largest absolute Gasteiger partial charge is 0.0622 e. The molecular weight excluding hydrogens is 360 g/mol. The second-order valence-corrected chi connectivity index (χ2v) is 9.40. The minimum Gasteiger partial charge on any atom is -0.0622 e. The van der Waals surface area contributed by atoms with Gasteiger partial charge in [0.1, 0.15) is 0 Å². The zero-order valence-electron chi connectivity index (χ0n) is 18.0. The third kappa shape index (κ3) is 2.60. The fraction of sp³-hybridized carbons (Fsp3) is 0.200. The summed E-state index contributed by atoms with van der Waals surface area (Å²) in [6.45, 7) is 7.20. The van der Waals surface area contributed by atoms with Crippen LogP contribution in [0.5, 0.6) is 0 Å². The molecular formula is C30H28. The maximum absolute atomic E-state index is 2.40. The van der Waals surface area contributed by atoms with Crippen LogP contribution in [-0.4, -0.2) is 0 Å². The van der Waals surface area contributed by atoms with Crippen LogP contribution in [0.1, 0.15) is 48.9 Å². The van der Waals surface area contributed by atoms with E-state index in [0.29, 0.717) is 0 Å². The first kappa shape index (κ1) is 18.9. The van der Waals surface area contributed by atoms with E-state index in [0.717, 1.165) is 0 Å². The molecule has 0 heteroatoms. The van der Waals surface area contributed by atoms with Crippen LogP contribution >= 0.6 is 0 Å². The molecule has 4 aromatic carbocycles. The molecule has 0 N–H and O–H groups in total. The summed E-state index contributed by atoms with van der Waals surface area (Å²) in [5, 5.41) is 0. The van der Waals surface area contributed by atoms with Crippen molar-refractivity contribution in [3.05, 3.63) is 131 Å². The molecule has 4 aromatic rings. The maximum atomic E-state index is 2.40. The molecule has 0 unspecified atom stereocenters. The molecule has 0 atom stereocenters. The van der Waals surface area contributed by atoms with Gasteiger partial charge in [0.05, 0.1) is 0 Å². The van der Waals surface area contributed by atoms with Crippen molar-refractivity contribution in [1.29, 1.82) is 0 Å². The molecule has 0 aliphatic heterocycles. The van der Waals surface area contributed by atoms with Crippen LogP contribution in [0, 0.1) is 5.41 Å². The monoisotopic (exact) mass is 388 g/mol. The molecule has 0 fully saturated rings. The lowest BCUT2D eigenvalue weighted by molar-refractivity contribution is 0.205. The first-order valence-electron chi connectivity index (χ1n) is 10.8. The second-order valence-electron chi connectivity index (χ2n) is 9.40. The minimum absolute atomic E-state index is 0.0229. The summed E-state index contributed by atoms with van der Waals surface area (Å²) in [5.41, 5.74) is 8.13. The summed E-state index contributed by atoms with van der Waals surface area (Å²) < 4.78 is 0. The van der Waals surface area contributed by atoms with Crippen LogP contribution in [0.3, 0.4) is 0 Å². The van der Waals surface area contributed by atoms with E-state index >= 15 is 0 Å². The Balaban J connectivity index is 1.94. The molecule has 0 heterocycles. The summed E-state index contributed by atoms with van der Waals surface area (Å²) in [5.74, 6) is 0.245. The van der Waals surface area contributed by atoms with E-state index in [2.05, 4.69) is 130 Å². The average molecular weight is 389 g/mol. The van der Waals surface area contributed by atoms with Crippen LogP contribution in [-0.2, 0) is 5.41 Å². The van der Waals surface area contributed by atoms with Crippen LogP contribution in [0.25, 0.3) is 11.1 Å². The van der Waals surface area contributed by atoms with Gasteiger partial charge in [0.15, 0.2) is 0 Å². The van der Waals surface area contributed by atoms with Crippen LogP contribution < -0.4 is 0 Å². The molecule has 0 spiro atoms. The lowest BCUT2D eigenvalue weighted by Crippen LogP contribution is -2.46. The standard InChI is InChI=1S/C30H28/c1-29(2,3)30(22-14-6-4-7-15-22,23-16-8-5-9-17-23)28-26-20-12-10-18-24(26)25-19-11-13-21-27(25)28/h4-21,28H,1-3H3.